The van der Waals surface area contributed by atoms with E-state index < -0.39 is 10.0 Å². The molecular weight excluding hydrogens is 307 g/mol. The summed E-state index contributed by atoms with van der Waals surface area (Å²) in [4.78, 5) is 0. The van der Waals surface area contributed by atoms with Gasteiger partial charge in [-0.05, 0) is 25.0 Å². The standard InChI is InChI=1S/C12H16Cl2N2O2S/c13-11-2-1-3-12(14)10(11)8-19(17,18)16-6-4-9(15)5-7-16/h1-3,9H,4-8,15H2. The summed E-state index contributed by atoms with van der Waals surface area (Å²) in [5, 5.41) is 0.759. The minimum atomic E-state index is -3.40. The first-order chi connectivity index (χ1) is 8.90. The molecule has 1 heterocycles. The Hall–Kier alpha value is -0.330. The van der Waals surface area contributed by atoms with E-state index in [2.05, 4.69) is 0 Å². The zero-order chi connectivity index (χ0) is 14.0. The van der Waals surface area contributed by atoms with Gasteiger partial charge in [0.25, 0.3) is 0 Å². The van der Waals surface area contributed by atoms with Gasteiger partial charge in [0, 0.05) is 34.7 Å². The van der Waals surface area contributed by atoms with Crippen LogP contribution in [-0.2, 0) is 15.8 Å². The lowest BCUT2D eigenvalue weighted by Crippen LogP contribution is -2.43. The molecule has 0 bridgehead atoms. The lowest BCUT2D eigenvalue weighted by Gasteiger charge is -2.29. The summed E-state index contributed by atoms with van der Waals surface area (Å²) < 4.78 is 26.1. The highest BCUT2D eigenvalue weighted by Crippen LogP contribution is 2.27. The van der Waals surface area contributed by atoms with Gasteiger partial charge < -0.3 is 5.73 Å². The van der Waals surface area contributed by atoms with Crippen molar-refractivity contribution in [2.45, 2.75) is 24.6 Å². The van der Waals surface area contributed by atoms with E-state index in [9.17, 15) is 8.42 Å². The molecule has 1 aromatic carbocycles. The first-order valence-electron chi connectivity index (χ1n) is 6.06. The highest BCUT2D eigenvalue weighted by molar-refractivity contribution is 7.88. The molecule has 0 saturated carbocycles. The number of piperidine rings is 1. The highest BCUT2D eigenvalue weighted by Gasteiger charge is 2.28. The van der Waals surface area contributed by atoms with E-state index in [0.29, 0.717) is 41.5 Å². The summed E-state index contributed by atoms with van der Waals surface area (Å²) >= 11 is 12.0. The molecule has 7 heteroatoms. The van der Waals surface area contributed by atoms with Crippen LogP contribution >= 0.6 is 23.2 Å². The first-order valence-corrected chi connectivity index (χ1v) is 8.43. The summed E-state index contributed by atoms with van der Waals surface area (Å²) in [6.45, 7) is 0.928. The van der Waals surface area contributed by atoms with Crippen molar-refractivity contribution in [2.75, 3.05) is 13.1 Å². The largest absolute Gasteiger partial charge is 0.328 e. The number of nitrogens with zero attached hydrogens (tertiary/aromatic N) is 1. The SMILES string of the molecule is NC1CCN(S(=O)(=O)Cc2c(Cl)cccc2Cl)CC1. The highest BCUT2D eigenvalue weighted by atomic mass is 35.5. The maximum absolute atomic E-state index is 12.3. The van der Waals surface area contributed by atoms with Crippen LogP contribution in [0, 0.1) is 0 Å². The molecule has 1 aliphatic rings. The molecule has 1 aliphatic heterocycles. The van der Waals surface area contributed by atoms with Crippen molar-refractivity contribution in [2.24, 2.45) is 5.73 Å². The second-order valence-corrected chi connectivity index (χ2v) is 7.48. The van der Waals surface area contributed by atoms with Gasteiger partial charge >= 0.3 is 0 Å². The molecule has 1 saturated heterocycles. The fourth-order valence-electron chi connectivity index (χ4n) is 2.10. The maximum atomic E-state index is 12.3. The van der Waals surface area contributed by atoms with Crippen LogP contribution in [0.15, 0.2) is 18.2 Å². The number of benzene rings is 1. The average Bonchev–Trinajstić information content (AvgIpc) is 2.35. The number of hydrogen-bond acceptors (Lipinski definition) is 3. The molecular formula is C12H16Cl2N2O2S. The zero-order valence-electron chi connectivity index (χ0n) is 10.4. The molecule has 0 spiro atoms. The van der Waals surface area contributed by atoms with Crippen molar-refractivity contribution < 1.29 is 8.42 Å². The summed E-state index contributed by atoms with van der Waals surface area (Å²) in [6.07, 6.45) is 1.38. The van der Waals surface area contributed by atoms with Crippen molar-refractivity contribution in [3.05, 3.63) is 33.8 Å². The lowest BCUT2D eigenvalue weighted by molar-refractivity contribution is 0.319. The van der Waals surface area contributed by atoms with Crippen LogP contribution in [-0.4, -0.2) is 31.9 Å². The minimum Gasteiger partial charge on any atom is -0.328 e. The Bertz CT molecular complexity index is 535. The topological polar surface area (TPSA) is 63.4 Å². The molecule has 0 radical (unpaired) electrons. The molecule has 4 nitrogen and oxygen atoms in total. The molecule has 106 valence electrons. The minimum absolute atomic E-state index is 0.0929. The third kappa shape index (κ3) is 3.61. The Morgan fingerprint density at radius 3 is 2.26 bits per heavy atom. The summed E-state index contributed by atoms with van der Waals surface area (Å²) in [7, 11) is -3.40. The van der Waals surface area contributed by atoms with Crippen LogP contribution in [0.1, 0.15) is 18.4 Å². The van der Waals surface area contributed by atoms with Crippen molar-refractivity contribution >= 4 is 33.2 Å². The van der Waals surface area contributed by atoms with E-state index in [1.165, 1.54) is 4.31 Å². The van der Waals surface area contributed by atoms with E-state index in [0.717, 1.165) is 0 Å². The van der Waals surface area contributed by atoms with Crippen LogP contribution < -0.4 is 5.73 Å². The molecule has 19 heavy (non-hydrogen) atoms. The maximum Gasteiger partial charge on any atom is 0.218 e. The normalized spacial score (nSPS) is 18.7. The monoisotopic (exact) mass is 322 g/mol. The second kappa shape index (κ2) is 5.97. The third-order valence-electron chi connectivity index (χ3n) is 3.28. The summed E-state index contributed by atoms with van der Waals surface area (Å²) in [6, 6.07) is 5.07. The Morgan fingerprint density at radius 1 is 1.21 bits per heavy atom. The Morgan fingerprint density at radius 2 is 1.74 bits per heavy atom. The molecule has 0 atom stereocenters. The summed E-state index contributed by atoms with van der Waals surface area (Å²) in [5.74, 6) is -0.166. The van der Waals surface area contributed by atoms with Crippen molar-refractivity contribution in [1.82, 2.24) is 4.31 Å². The fraction of sp³-hybridized carbons (Fsp3) is 0.500. The number of hydrogen-bond donors (Lipinski definition) is 1. The van der Waals surface area contributed by atoms with E-state index in [4.69, 9.17) is 28.9 Å². The van der Waals surface area contributed by atoms with Gasteiger partial charge in [0.15, 0.2) is 0 Å². The number of nitrogens with two attached hydrogens (primary N) is 1. The van der Waals surface area contributed by atoms with E-state index in [1.54, 1.807) is 18.2 Å². The van der Waals surface area contributed by atoms with Crippen LogP contribution in [0.3, 0.4) is 0 Å². The van der Waals surface area contributed by atoms with Crippen molar-refractivity contribution in [3.8, 4) is 0 Å². The average molecular weight is 323 g/mol. The second-order valence-electron chi connectivity index (χ2n) is 4.69. The zero-order valence-corrected chi connectivity index (χ0v) is 12.7. The molecule has 2 rings (SSSR count). The smallest absolute Gasteiger partial charge is 0.218 e. The predicted molar refractivity (Wildman–Crippen MR) is 77.9 cm³/mol. The molecule has 0 aliphatic carbocycles. The first kappa shape index (κ1) is 15.1. The van der Waals surface area contributed by atoms with E-state index in [-0.39, 0.29) is 11.8 Å². The predicted octanol–water partition coefficient (Wildman–Crippen LogP) is 2.25. The van der Waals surface area contributed by atoms with Crippen LogP contribution in [0.5, 0.6) is 0 Å². The van der Waals surface area contributed by atoms with Gasteiger partial charge in [0.1, 0.15) is 0 Å². The molecule has 0 aromatic heterocycles. The van der Waals surface area contributed by atoms with Crippen molar-refractivity contribution in [1.29, 1.82) is 0 Å². The number of rotatable bonds is 3. The number of sulfonamides is 1. The Labute approximate surface area is 123 Å². The molecule has 1 fully saturated rings. The van der Waals surface area contributed by atoms with Gasteiger partial charge in [-0.25, -0.2) is 12.7 Å². The molecule has 0 amide bonds. The van der Waals surface area contributed by atoms with Gasteiger partial charge in [-0.2, -0.15) is 0 Å². The Balaban J connectivity index is 2.17. The molecule has 2 N–H and O–H groups in total. The molecule has 1 aromatic rings. The third-order valence-corrected chi connectivity index (χ3v) is 5.79. The van der Waals surface area contributed by atoms with Gasteiger partial charge in [0.05, 0.1) is 5.75 Å². The summed E-state index contributed by atoms with van der Waals surface area (Å²) in [5.41, 5.74) is 6.24. The quantitative estimate of drug-likeness (QED) is 0.928. The van der Waals surface area contributed by atoms with Crippen LogP contribution in [0.25, 0.3) is 0 Å². The fourth-order valence-corrected chi connectivity index (χ4v) is 4.41. The van der Waals surface area contributed by atoms with E-state index in [1.807, 2.05) is 0 Å². The van der Waals surface area contributed by atoms with Gasteiger partial charge in [-0.15, -0.1) is 0 Å². The van der Waals surface area contributed by atoms with Crippen LogP contribution in [0.4, 0.5) is 0 Å². The molecule has 0 unspecified atom stereocenters. The Kier molecular flexibility index (Phi) is 4.74. The van der Waals surface area contributed by atoms with E-state index >= 15 is 0 Å². The lowest BCUT2D eigenvalue weighted by atomic mass is 10.1. The van der Waals surface area contributed by atoms with Gasteiger partial charge in [-0.3, -0.25) is 0 Å². The van der Waals surface area contributed by atoms with Gasteiger partial charge in [0.2, 0.25) is 10.0 Å². The van der Waals surface area contributed by atoms with Crippen molar-refractivity contribution in [3.63, 3.8) is 0 Å². The van der Waals surface area contributed by atoms with Crippen LogP contribution in [0.2, 0.25) is 10.0 Å². The number of halogens is 2. The van der Waals surface area contributed by atoms with Gasteiger partial charge in [-0.1, -0.05) is 29.3 Å².